The summed E-state index contributed by atoms with van der Waals surface area (Å²) in [7, 11) is 0. The molecule has 0 unspecified atom stereocenters. The van der Waals surface area contributed by atoms with E-state index in [2.05, 4.69) is 11.3 Å². The molecule has 1 N–H and O–H groups in total. The van der Waals surface area contributed by atoms with Gasteiger partial charge in [0, 0.05) is 0 Å². The van der Waals surface area contributed by atoms with Gasteiger partial charge in [-0.05, 0) is 29.3 Å². The first-order valence-corrected chi connectivity index (χ1v) is 7.41. The van der Waals surface area contributed by atoms with E-state index < -0.39 is 5.97 Å². The van der Waals surface area contributed by atoms with Crippen molar-refractivity contribution >= 4 is 29.3 Å². The minimum Gasteiger partial charge on any atom is -0.478 e. The summed E-state index contributed by atoms with van der Waals surface area (Å²) >= 11 is 2.77. The number of hydrogen-bond acceptors (Lipinski definition) is 4. The largest absolute Gasteiger partial charge is 0.478 e. The predicted molar refractivity (Wildman–Crippen MR) is 75.5 cm³/mol. The number of aromatic carboxylic acids is 1. The Kier molecular flexibility index (Phi) is 4.38. The van der Waals surface area contributed by atoms with E-state index in [1.165, 1.54) is 23.3 Å². The average molecular weight is 279 g/mol. The van der Waals surface area contributed by atoms with E-state index >= 15 is 0 Å². The van der Waals surface area contributed by atoms with Crippen LogP contribution in [0.5, 0.6) is 0 Å². The second-order valence-electron chi connectivity index (χ2n) is 3.71. The van der Waals surface area contributed by atoms with Crippen LogP contribution in [0, 0.1) is 0 Å². The van der Waals surface area contributed by atoms with Gasteiger partial charge in [0.25, 0.3) is 0 Å². The number of hydrogen-bond donors (Lipinski definition) is 1. The van der Waals surface area contributed by atoms with Crippen LogP contribution in [-0.2, 0) is 0 Å². The number of carboxylic acids is 1. The molecule has 0 radical (unpaired) electrons. The molecule has 0 atom stereocenters. The van der Waals surface area contributed by atoms with Gasteiger partial charge in [-0.1, -0.05) is 37.3 Å². The van der Waals surface area contributed by atoms with E-state index in [4.69, 9.17) is 0 Å². The zero-order valence-corrected chi connectivity index (χ0v) is 11.6. The summed E-state index contributed by atoms with van der Waals surface area (Å²) in [5.41, 5.74) is 1.25. The van der Waals surface area contributed by atoms with Crippen molar-refractivity contribution in [2.24, 2.45) is 0 Å². The molecule has 2 aromatic rings. The average Bonchev–Trinajstić information content (AvgIpc) is 2.81. The SMILES string of the molecule is CCCSc1nsc(-c2ccccc2)c1C(=O)O. The molecule has 0 spiro atoms. The Bertz CT molecular complexity index is 537. The van der Waals surface area contributed by atoms with Crippen LogP contribution in [0.3, 0.4) is 0 Å². The van der Waals surface area contributed by atoms with Gasteiger partial charge >= 0.3 is 5.97 Å². The molecule has 1 heterocycles. The fraction of sp³-hybridized carbons (Fsp3) is 0.231. The van der Waals surface area contributed by atoms with Crippen molar-refractivity contribution in [1.29, 1.82) is 0 Å². The number of benzene rings is 1. The summed E-state index contributed by atoms with van der Waals surface area (Å²) in [6, 6.07) is 9.54. The molecular formula is C13H13NO2S2. The lowest BCUT2D eigenvalue weighted by molar-refractivity contribution is 0.0694. The fourth-order valence-corrected chi connectivity index (χ4v) is 3.45. The minimum atomic E-state index is -0.902. The molecule has 2 rings (SSSR count). The van der Waals surface area contributed by atoms with Crippen molar-refractivity contribution in [3.05, 3.63) is 35.9 Å². The van der Waals surface area contributed by atoms with E-state index in [0.29, 0.717) is 10.6 Å². The normalized spacial score (nSPS) is 10.5. The van der Waals surface area contributed by atoms with Crippen molar-refractivity contribution in [3.63, 3.8) is 0 Å². The van der Waals surface area contributed by atoms with Crippen LogP contribution in [0.15, 0.2) is 35.4 Å². The Morgan fingerprint density at radius 3 is 2.72 bits per heavy atom. The Hall–Kier alpha value is -1.33. The second-order valence-corrected chi connectivity index (χ2v) is 5.57. The van der Waals surface area contributed by atoms with Crippen molar-refractivity contribution in [2.75, 3.05) is 5.75 Å². The molecule has 0 saturated carbocycles. The highest BCUT2D eigenvalue weighted by Crippen LogP contribution is 2.35. The summed E-state index contributed by atoms with van der Waals surface area (Å²) in [6.07, 6.45) is 1.00. The standard InChI is InChI=1S/C13H13NO2S2/c1-2-8-17-12-10(13(15)16)11(18-14-12)9-6-4-3-5-7-9/h3-7H,2,8H2,1H3,(H,15,16). The van der Waals surface area contributed by atoms with Gasteiger partial charge in [-0.25, -0.2) is 4.79 Å². The highest BCUT2D eigenvalue weighted by Gasteiger charge is 2.21. The summed E-state index contributed by atoms with van der Waals surface area (Å²) in [5, 5.41) is 9.98. The fourth-order valence-electron chi connectivity index (χ4n) is 1.55. The smallest absolute Gasteiger partial charge is 0.340 e. The van der Waals surface area contributed by atoms with Gasteiger partial charge in [0.15, 0.2) is 0 Å². The van der Waals surface area contributed by atoms with Gasteiger partial charge < -0.3 is 5.11 Å². The van der Waals surface area contributed by atoms with Crippen LogP contribution in [-0.4, -0.2) is 21.2 Å². The minimum absolute atomic E-state index is 0.338. The molecular weight excluding hydrogens is 266 g/mol. The first kappa shape index (κ1) is 13.1. The molecule has 0 aliphatic carbocycles. The molecule has 94 valence electrons. The monoisotopic (exact) mass is 279 g/mol. The van der Waals surface area contributed by atoms with E-state index in [0.717, 1.165) is 22.6 Å². The third-order valence-electron chi connectivity index (χ3n) is 2.35. The van der Waals surface area contributed by atoms with Gasteiger partial charge in [0.05, 0.1) is 4.88 Å². The summed E-state index contributed by atoms with van der Waals surface area (Å²) < 4.78 is 4.28. The van der Waals surface area contributed by atoms with Gasteiger partial charge in [-0.3, -0.25) is 0 Å². The summed E-state index contributed by atoms with van der Waals surface area (Å²) in [4.78, 5) is 12.1. The van der Waals surface area contributed by atoms with E-state index in [1.54, 1.807) is 0 Å². The molecule has 0 aliphatic heterocycles. The van der Waals surface area contributed by atoms with Crippen molar-refractivity contribution in [1.82, 2.24) is 4.37 Å². The number of rotatable bonds is 5. The van der Waals surface area contributed by atoms with Crippen molar-refractivity contribution < 1.29 is 9.90 Å². The lowest BCUT2D eigenvalue weighted by Crippen LogP contribution is -1.98. The van der Waals surface area contributed by atoms with Gasteiger partial charge in [0.2, 0.25) is 0 Å². The first-order chi connectivity index (χ1) is 8.74. The van der Waals surface area contributed by atoms with Crippen molar-refractivity contribution in [3.8, 4) is 10.4 Å². The molecule has 18 heavy (non-hydrogen) atoms. The van der Waals surface area contributed by atoms with Gasteiger partial charge in [-0.15, -0.1) is 11.8 Å². The number of aromatic nitrogens is 1. The van der Waals surface area contributed by atoms with Crippen LogP contribution in [0.25, 0.3) is 10.4 Å². The molecule has 1 aromatic heterocycles. The number of nitrogens with zero attached hydrogens (tertiary/aromatic N) is 1. The predicted octanol–water partition coefficient (Wildman–Crippen LogP) is 4.01. The molecule has 0 fully saturated rings. The molecule has 5 heteroatoms. The third-order valence-corrected chi connectivity index (χ3v) is 4.55. The van der Waals surface area contributed by atoms with Crippen LogP contribution >= 0.6 is 23.3 Å². The number of thioether (sulfide) groups is 1. The van der Waals surface area contributed by atoms with Gasteiger partial charge in [0.1, 0.15) is 10.6 Å². The summed E-state index contributed by atoms with van der Waals surface area (Å²) in [6.45, 7) is 2.07. The zero-order valence-electron chi connectivity index (χ0n) is 9.92. The van der Waals surface area contributed by atoms with Crippen LogP contribution in [0.1, 0.15) is 23.7 Å². The molecule has 3 nitrogen and oxygen atoms in total. The lowest BCUT2D eigenvalue weighted by Gasteiger charge is -2.01. The highest BCUT2D eigenvalue weighted by molar-refractivity contribution is 7.99. The highest BCUT2D eigenvalue weighted by atomic mass is 32.2. The van der Waals surface area contributed by atoms with E-state index in [1.807, 2.05) is 30.3 Å². The maximum atomic E-state index is 11.4. The Morgan fingerprint density at radius 2 is 2.11 bits per heavy atom. The quantitative estimate of drug-likeness (QED) is 0.840. The second kappa shape index (κ2) is 6.02. The number of carboxylic acid groups (broad SMARTS) is 1. The zero-order chi connectivity index (χ0) is 13.0. The van der Waals surface area contributed by atoms with Crippen molar-refractivity contribution in [2.45, 2.75) is 18.4 Å². The Morgan fingerprint density at radius 1 is 1.39 bits per heavy atom. The molecule has 0 amide bonds. The maximum Gasteiger partial charge on any atom is 0.340 e. The van der Waals surface area contributed by atoms with E-state index in [-0.39, 0.29) is 0 Å². The van der Waals surface area contributed by atoms with E-state index in [9.17, 15) is 9.90 Å². The van der Waals surface area contributed by atoms with Crippen LogP contribution in [0.2, 0.25) is 0 Å². The molecule has 0 aliphatic rings. The molecule has 0 saturated heterocycles. The lowest BCUT2D eigenvalue weighted by atomic mass is 10.1. The Balaban J connectivity index is 2.42. The Labute approximate surface area is 114 Å². The van der Waals surface area contributed by atoms with Gasteiger partial charge in [-0.2, -0.15) is 4.37 Å². The topological polar surface area (TPSA) is 50.2 Å². The molecule has 0 bridgehead atoms. The van der Waals surface area contributed by atoms with Crippen LogP contribution < -0.4 is 0 Å². The number of carbonyl (C=O) groups is 1. The third kappa shape index (κ3) is 2.73. The maximum absolute atomic E-state index is 11.4. The molecule has 1 aromatic carbocycles. The van der Waals surface area contributed by atoms with Crippen LogP contribution in [0.4, 0.5) is 0 Å². The summed E-state index contributed by atoms with van der Waals surface area (Å²) in [5.74, 6) is -0.0145. The first-order valence-electron chi connectivity index (χ1n) is 5.65.